The van der Waals surface area contributed by atoms with Gasteiger partial charge < -0.3 is 45.3 Å². The standard InChI is InChI=1S/C28H42N2O11.C2H6/c1-16(2)7-5-4-6-8-21(32)29-12-11-22(33)30-14-19-13-18(15-39-17(3)31)9-10-20(19)40-28-25(36)23(34)24(35)26(41-28)27(37)38;1-2/h9-10,13,16,23-26,28,34-36H,4-8,11-12,14-15H2,1-3H3,(H,29,32)(H,30,33)(H,37,38);1-2H3. The largest absolute Gasteiger partial charge is 0.479 e. The maximum absolute atomic E-state index is 12.4. The molecule has 1 aromatic rings. The fourth-order valence-corrected chi connectivity index (χ4v) is 4.14. The molecular formula is C30H48N2O11. The van der Waals surface area contributed by atoms with Gasteiger partial charge >= 0.3 is 11.9 Å². The van der Waals surface area contributed by atoms with Crippen LogP contribution in [0.5, 0.6) is 5.75 Å². The van der Waals surface area contributed by atoms with Gasteiger partial charge in [-0.15, -0.1) is 0 Å². The summed E-state index contributed by atoms with van der Waals surface area (Å²) in [6, 6.07) is 4.58. The fraction of sp³-hybridized carbons (Fsp3) is 0.667. The molecule has 0 saturated carbocycles. The van der Waals surface area contributed by atoms with Crippen LogP contribution in [0.15, 0.2) is 18.2 Å². The SMILES string of the molecule is CC.CC(=O)OCc1ccc(OC2OC(C(=O)O)C(O)C(O)C2O)c(CNC(=O)CCNC(=O)CCCCCC(C)C)c1. The summed E-state index contributed by atoms with van der Waals surface area (Å²) in [5, 5.41) is 45.0. The van der Waals surface area contributed by atoms with E-state index in [0.29, 0.717) is 23.5 Å². The third-order valence-corrected chi connectivity index (χ3v) is 6.46. The predicted octanol–water partition coefficient (Wildman–Crippen LogP) is 1.78. The first-order valence-corrected chi connectivity index (χ1v) is 14.8. The zero-order valence-electron chi connectivity index (χ0n) is 25.7. The molecule has 1 fully saturated rings. The Labute approximate surface area is 252 Å². The number of benzene rings is 1. The number of rotatable bonds is 16. The van der Waals surface area contributed by atoms with E-state index in [4.69, 9.17) is 14.2 Å². The van der Waals surface area contributed by atoms with Crippen molar-refractivity contribution in [2.45, 2.75) is 117 Å². The van der Waals surface area contributed by atoms with Crippen molar-refractivity contribution in [1.29, 1.82) is 0 Å². The number of aliphatic hydroxyl groups is 3. The molecule has 5 unspecified atom stereocenters. The van der Waals surface area contributed by atoms with Gasteiger partial charge in [-0.2, -0.15) is 0 Å². The smallest absolute Gasteiger partial charge is 0.335 e. The number of amides is 2. The normalized spacial score (nSPS) is 21.3. The molecule has 6 N–H and O–H groups in total. The first-order valence-electron chi connectivity index (χ1n) is 14.8. The summed E-state index contributed by atoms with van der Waals surface area (Å²) in [5.41, 5.74) is 0.929. The lowest BCUT2D eigenvalue weighted by Gasteiger charge is -2.38. The highest BCUT2D eigenvalue weighted by molar-refractivity contribution is 5.79. The van der Waals surface area contributed by atoms with E-state index >= 15 is 0 Å². The van der Waals surface area contributed by atoms with Crippen molar-refractivity contribution in [2.75, 3.05) is 6.54 Å². The Morgan fingerprint density at radius 2 is 1.60 bits per heavy atom. The number of aliphatic hydroxyl groups excluding tert-OH is 3. The summed E-state index contributed by atoms with van der Waals surface area (Å²) in [5.74, 6) is -1.81. The summed E-state index contributed by atoms with van der Waals surface area (Å²) in [4.78, 5) is 47.1. The molecule has 13 heteroatoms. The highest BCUT2D eigenvalue weighted by atomic mass is 16.7. The number of hydrogen-bond acceptors (Lipinski definition) is 10. The van der Waals surface area contributed by atoms with Crippen LogP contribution in [-0.2, 0) is 41.8 Å². The maximum Gasteiger partial charge on any atom is 0.335 e. The summed E-state index contributed by atoms with van der Waals surface area (Å²) in [6.45, 7) is 9.61. The van der Waals surface area contributed by atoms with Gasteiger partial charge in [0, 0.05) is 38.4 Å². The van der Waals surface area contributed by atoms with Crippen molar-refractivity contribution in [2.24, 2.45) is 5.92 Å². The van der Waals surface area contributed by atoms with E-state index in [1.165, 1.54) is 13.0 Å². The number of ether oxygens (including phenoxy) is 3. The average Bonchev–Trinajstić information content (AvgIpc) is 2.96. The predicted molar refractivity (Wildman–Crippen MR) is 156 cm³/mol. The molecule has 43 heavy (non-hydrogen) atoms. The third kappa shape index (κ3) is 13.7. The summed E-state index contributed by atoms with van der Waals surface area (Å²) < 4.78 is 15.9. The van der Waals surface area contributed by atoms with E-state index in [2.05, 4.69) is 24.5 Å². The van der Waals surface area contributed by atoms with Crippen molar-refractivity contribution in [3.63, 3.8) is 0 Å². The molecule has 244 valence electrons. The van der Waals surface area contributed by atoms with Crippen LogP contribution in [0.4, 0.5) is 0 Å². The van der Waals surface area contributed by atoms with E-state index in [0.717, 1.165) is 25.7 Å². The fourth-order valence-electron chi connectivity index (χ4n) is 4.14. The minimum atomic E-state index is -1.88. The van der Waals surface area contributed by atoms with Gasteiger partial charge in [-0.1, -0.05) is 53.0 Å². The van der Waals surface area contributed by atoms with E-state index in [-0.39, 0.29) is 43.7 Å². The third-order valence-electron chi connectivity index (χ3n) is 6.46. The molecule has 2 rings (SSSR count). The van der Waals surface area contributed by atoms with Gasteiger partial charge in [0.2, 0.25) is 18.1 Å². The molecular weight excluding hydrogens is 564 g/mol. The number of carboxylic acid groups (broad SMARTS) is 1. The number of aliphatic carboxylic acids is 1. The van der Waals surface area contributed by atoms with Gasteiger partial charge in [0.05, 0.1) is 0 Å². The van der Waals surface area contributed by atoms with Gasteiger partial charge in [0.15, 0.2) is 6.10 Å². The Bertz CT molecular complexity index is 1030. The van der Waals surface area contributed by atoms with Crippen LogP contribution >= 0.6 is 0 Å². The van der Waals surface area contributed by atoms with Gasteiger partial charge in [0.1, 0.15) is 30.7 Å². The first-order chi connectivity index (χ1) is 20.4. The average molecular weight is 613 g/mol. The molecule has 1 aliphatic rings. The zero-order valence-corrected chi connectivity index (χ0v) is 25.7. The van der Waals surface area contributed by atoms with E-state index in [1.807, 2.05) is 13.8 Å². The Hall–Kier alpha value is -3.26. The van der Waals surface area contributed by atoms with Crippen LogP contribution in [0.2, 0.25) is 0 Å². The van der Waals surface area contributed by atoms with Crippen LogP contribution in [0.3, 0.4) is 0 Å². The Balaban J connectivity index is 0.00000452. The molecule has 0 aromatic heterocycles. The molecule has 1 heterocycles. The molecule has 13 nitrogen and oxygen atoms in total. The van der Waals surface area contributed by atoms with Crippen LogP contribution in [0, 0.1) is 5.92 Å². The lowest BCUT2D eigenvalue weighted by molar-refractivity contribution is -0.271. The monoisotopic (exact) mass is 612 g/mol. The van der Waals surface area contributed by atoms with E-state index < -0.39 is 42.6 Å². The van der Waals surface area contributed by atoms with Crippen molar-refractivity contribution >= 4 is 23.8 Å². The van der Waals surface area contributed by atoms with Crippen LogP contribution in [0.25, 0.3) is 0 Å². The van der Waals surface area contributed by atoms with Crippen LogP contribution in [-0.4, -0.2) is 81.4 Å². The number of esters is 1. The highest BCUT2D eigenvalue weighted by Gasteiger charge is 2.48. The Kier molecular flexibility index (Phi) is 17.4. The van der Waals surface area contributed by atoms with Gasteiger partial charge in [-0.25, -0.2) is 4.79 Å². The van der Waals surface area contributed by atoms with Crippen LogP contribution in [0.1, 0.15) is 84.3 Å². The Morgan fingerprint density at radius 1 is 0.930 bits per heavy atom. The molecule has 1 aromatic carbocycles. The summed E-state index contributed by atoms with van der Waals surface area (Å²) in [6.07, 6.45) is -4.60. The quantitative estimate of drug-likeness (QED) is 0.117. The molecule has 2 amide bonds. The lowest BCUT2D eigenvalue weighted by atomic mass is 9.99. The van der Waals surface area contributed by atoms with Crippen molar-refractivity contribution in [3.8, 4) is 5.75 Å². The molecule has 0 bridgehead atoms. The van der Waals surface area contributed by atoms with Crippen molar-refractivity contribution in [1.82, 2.24) is 10.6 Å². The number of carboxylic acids is 1. The van der Waals surface area contributed by atoms with Crippen molar-refractivity contribution in [3.05, 3.63) is 29.3 Å². The maximum atomic E-state index is 12.4. The number of carbonyl (C=O) groups excluding carboxylic acids is 3. The second-order valence-electron chi connectivity index (χ2n) is 10.4. The molecule has 0 aliphatic carbocycles. The second kappa shape index (κ2) is 19.8. The first kappa shape index (κ1) is 37.8. The van der Waals surface area contributed by atoms with Gasteiger partial charge in [-0.3, -0.25) is 14.4 Å². The molecule has 5 atom stereocenters. The number of carbonyl (C=O) groups is 4. The summed E-state index contributed by atoms with van der Waals surface area (Å²) >= 11 is 0. The van der Waals surface area contributed by atoms with E-state index in [9.17, 15) is 39.6 Å². The van der Waals surface area contributed by atoms with Gasteiger partial charge in [0.25, 0.3) is 0 Å². The highest BCUT2D eigenvalue weighted by Crippen LogP contribution is 2.28. The molecule has 0 spiro atoms. The van der Waals surface area contributed by atoms with Crippen LogP contribution < -0.4 is 15.4 Å². The topological polar surface area (TPSA) is 201 Å². The Morgan fingerprint density at radius 3 is 2.23 bits per heavy atom. The molecule has 0 radical (unpaired) electrons. The van der Waals surface area contributed by atoms with Gasteiger partial charge in [-0.05, 0) is 30.0 Å². The summed E-state index contributed by atoms with van der Waals surface area (Å²) in [7, 11) is 0. The zero-order chi connectivity index (χ0) is 32.5. The number of unbranched alkanes of at least 4 members (excludes halogenated alkanes) is 2. The van der Waals surface area contributed by atoms with E-state index in [1.54, 1.807) is 12.1 Å². The minimum Gasteiger partial charge on any atom is -0.479 e. The van der Waals surface area contributed by atoms with Crippen molar-refractivity contribution < 1.29 is 53.8 Å². The minimum absolute atomic E-state index is 0.0250. The second-order valence-corrected chi connectivity index (χ2v) is 10.4. The molecule has 1 aliphatic heterocycles. The number of nitrogens with one attached hydrogen (secondary N) is 2. The lowest BCUT2D eigenvalue weighted by Crippen LogP contribution is -2.61. The molecule has 1 saturated heterocycles. The number of hydrogen-bond donors (Lipinski definition) is 6.